The molecule has 0 aliphatic heterocycles. The van der Waals surface area contributed by atoms with Crippen LogP contribution in [0.5, 0.6) is 0 Å². The molecule has 7 nitrogen and oxygen atoms in total. The average molecular weight is 648 g/mol. The van der Waals surface area contributed by atoms with Crippen LogP contribution in [0.3, 0.4) is 0 Å². The lowest BCUT2D eigenvalue weighted by Crippen LogP contribution is -2.16. The fraction of sp³-hybridized carbons (Fsp3) is 0.105. The molecule has 0 saturated heterocycles. The molecule has 4 rings (SSSR count). The van der Waals surface area contributed by atoms with E-state index in [2.05, 4.69) is 79.8 Å². The fourth-order valence-corrected chi connectivity index (χ4v) is 6.56. The summed E-state index contributed by atoms with van der Waals surface area (Å²) in [5.74, 6) is 0. The van der Waals surface area contributed by atoms with Gasteiger partial charge in [0.1, 0.15) is 9.69 Å². The van der Waals surface area contributed by atoms with Crippen molar-refractivity contribution in [2.75, 3.05) is 9.81 Å². The normalized spacial score (nSPS) is 11.7. The molecule has 4 aromatic rings. The predicted octanol–water partition coefficient (Wildman–Crippen LogP) is 5.65. The number of benzene rings is 2. The van der Waals surface area contributed by atoms with Crippen molar-refractivity contribution in [2.24, 2.45) is 0 Å². The van der Waals surface area contributed by atoms with E-state index in [0.717, 1.165) is 32.6 Å². The lowest BCUT2D eigenvalue weighted by Gasteiger charge is -2.12. The molecule has 0 aliphatic carbocycles. The minimum absolute atomic E-state index is 0.222. The zero-order valence-corrected chi connectivity index (χ0v) is 22.1. The third-order valence-corrected chi connectivity index (χ3v) is 9.04. The minimum atomic E-state index is -3.64. The number of thioether (sulfide) groups is 1. The summed E-state index contributed by atoms with van der Waals surface area (Å²) in [6.45, 7) is 0.491. The Bertz CT molecular complexity index is 1360. The van der Waals surface area contributed by atoms with Gasteiger partial charge in [-0.25, -0.2) is 13.4 Å². The molecule has 0 bridgehead atoms. The molecule has 31 heavy (non-hydrogen) atoms. The largest absolute Gasteiger partial charge is 0.292 e. The summed E-state index contributed by atoms with van der Waals surface area (Å²) in [7, 11) is -3.64. The van der Waals surface area contributed by atoms with E-state index >= 15 is 0 Å². The van der Waals surface area contributed by atoms with Crippen LogP contribution >= 0.6 is 59.6 Å². The highest BCUT2D eigenvalue weighted by Crippen LogP contribution is 2.30. The number of hydrogen-bond donors (Lipinski definition) is 1. The number of rotatable bonds is 7. The maximum absolute atomic E-state index is 12.6. The Balaban J connectivity index is 1.55. The van der Waals surface area contributed by atoms with Crippen molar-refractivity contribution in [1.29, 1.82) is 0 Å². The standard InChI is InChI=1S/C19H14Br3N5O2S2/c20-15-8-7-12(13-4-1-2-5-14(13)15)10-27-18(22)24-25-19(27)30-11-31(28,29)26-16-6-3-9-23-17(16)21/h1-9,26H,10-11H2. The molecule has 2 aromatic carbocycles. The monoisotopic (exact) mass is 645 g/mol. The van der Waals surface area contributed by atoms with E-state index in [1.165, 1.54) is 0 Å². The first-order chi connectivity index (χ1) is 14.8. The molecule has 0 amide bonds. The summed E-state index contributed by atoms with van der Waals surface area (Å²) in [5.41, 5.74) is 1.45. The third-order valence-electron chi connectivity index (χ3n) is 4.33. The molecule has 0 atom stereocenters. The van der Waals surface area contributed by atoms with E-state index < -0.39 is 10.0 Å². The second-order valence-electron chi connectivity index (χ2n) is 6.41. The molecule has 0 radical (unpaired) electrons. The Morgan fingerprint density at radius 3 is 2.52 bits per heavy atom. The molecule has 2 heterocycles. The third kappa shape index (κ3) is 5.30. The van der Waals surface area contributed by atoms with E-state index in [4.69, 9.17) is 0 Å². The van der Waals surface area contributed by atoms with Crippen LogP contribution in [0.15, 0.2) is 73.7 Å². The van der Waals surface area contributed by atoms with Crippen LogP contribution < -0.4 is 4.72 Å². The number of nitrogens with zero attached hydrogens (tertiary/aromatic N) is 4. The summed E-state index contributed by atoms with van der Waals surface area (Å²) >= 11 is 11.3. The van der Waals surface area contributed by atoms with Crippen LogP contribution in [0.2, 0.25) is 0 Å². The summed E-state index contributed by atoms with van der Waals surface area (Å²) in [4.78, 5) is 4.02. The van der Waals surface area contributed by atoms with Gasteiger partial charge in [-0.05, 0) is 66.4 Å². The molecule has 0 spiro atoms. The second-order valence-corrected chi connectivity index (χ2v) is 11.8. The lowest BCUT2D eigenvalue weighted by molar-refractivity contribution is 0.605. The zero-order valence-electron chi connectivity index (χ0n) is 15.7. The van der Waals surface area contributed by atoms with Gasteiger partial charge in [-0.3, -0.25) is 9.29 Å². The average Bonchev–Trinajstić information content (AvgIpc) is 3.10. The highest BCUT2D eigenvalue weighted by molar-refractivity contribution is 9.11. The first kappa shape index (κ1) is 22.7. The molecule has 0 unspecified atom stereocenters. The van der Waals surface area contributed by atoms with Gasteiger partial charge in [0.2, 0.25) is 14.8 Å². The van der Waals surface area contributed by atoms with Crippen molar-refractivity contribution >= 4 is 86.0 Å². The number of hydrogen-bond acceptors (Lipinski definition) is 6. The number of pyridine rings is 1. The van der Waals surface area contributed by atoms with Crippen LogP contribution in [0.1, 0.15) is 5.56 Å². The number of sulfonamides is 1. The van der Waals surface area contributed by atoms with Crippen LogP contribution in [0.25, 0.3) is 10.8 Å². The van der Waals surface area contributed by atoms with E-state index in [9.17, 15) is 8.42 Å². The molecule has 0 saturated carbocycles. The molecule has 0 fully saturated rings. The molecule has 2 aromatic heterocycles. The quantitative estimate of drug-likeness (QED) is 0.206. The van der Waals surface area contributed by atoms with Gasteiger partial charge in [-0.1, -0.05) is 58.0 Å². The molecular weight excluding hydrogens is 634 g/mol. The number of aromatic nitrogens is 4. The summed E-state index contributed by atoms with van der Waals surface area (Å²) in [6.07, 6.45) is 1.57. The molecule has 1 N–H and O–H groups in total. The van der Waals surface area contributed by atoms with Crippen molar-refractivity contribution in [3.8, 4) is 0 Å². The molecule has 0 aliphatic rings. The number of fused-ring (bicyclic) bond motifs is 1. The van der Waals surface area contributed by atoms with E-state index in [1.54, 1.807) is 18.3 Å². The minimum Gasteiger partial charge on any atom is -0.292 e. The molecular formula is C19H14Br3N5O2S2. The second kappa shape index (κ2) is 9.57. The van der Waals surface area contributed by atoms with Crippen LogP contribution in [-0.2, 0) is 16.6 Å². The van der Waals surface area contributed by atoms with Crippen LogP contribution in [-0.4, -0.2) is 33.3 Å². The first-order valence-corrected chi connectivity index (χ1v) is 13.8. The highest BCUT2D eigenvalue weighted by Gasteiger charge is 2.18. The van der Waals surface area contributed by atoms with E-state index in [1.807, 2.05) is 28.8 Å². The Morgan fingerprint density at radius 2 is 1.74 bits per heavy atom. The van der Waals surface area contributed by atoms with Crippen molar-refractivity contribution in [2.45, 2.75) is 11.7 Å². The van der Waals surface area contributed by atoms with Crippen molar-refractivity contribution in [3.05, 3.63) is 74.1 Å². The topological polar surface area (TPSA) is 89.8 Å². The van der Waals surface area contributed by atoms with Gasteiger partial charge in [0.05, 0.1) is 12.2 Å². The summed E-state index contributed by atoms with van der Waals surface area (Å²) in [5, 5.41) is 10.7. The Hall–Kier alpha value is -1.47. The van der Waals surface area contributed by atoms with E-state index in [0.29, 0.717) is 26.7 Å². The number of halogens is 3. The van der Waals surface area contributed by atoms with Gasteiger partial charge in [0.25, 0.3) is 0 Å². The molecule has 12 heteroatoms. The first-order valence-electron chi connectivity index (χ1n) is 8.83. The predicted molar refractivity (Wildman–Crippen MR) is 134 cm³/mol. The number of nitrogens with one attached hydrogen (secondary N) is 1. The van der Waals surface area contributed by atoms with Gasteiger partial charge < -0.3 is 0 Å². The van der Waals surface area contributed by atoms with Gasteiger partial charge >= 0.3 is 0 Å². The molecule has 160 valence electrons. The SMILES string of the molecule is O=S(=O)(CSc1nnc(Br)n1Cc1ccc(Br)c2ccccc12)Nc1cccnc1Br. The maximum atomic E-state index is 12.6. The summed E-state index contributed by atoms with van der Waals surface area (Å²) < 4.78 is 31.5. The maximum Gasteiger partial charge on any atom is 0.242 e. The summed E-state index contributed by atoms with van der Waals surface area (Å²) in [6, 6.07) is 15.4. The Labute approximate surface area is 208 Å². The van der Waals surface area contributed by atoms with Gasteiger partial charge in [-0.2, -0.15) is 0 Å². The Kier molecular flexibility index (Phi) is 7.01. The van der Waals surface area contributed by atoms with Crippen LogP contribution in [0, 0.1) is 0 Å². The van der Waals surface area contributed by atoms with Crippen molar-refractivity contribution in [3.63, 3.8) is 0 Å². The number of anilines is 1. The van der Waals surface area contributed by atoms with Gasteiger partial charge in [0.15, 0.2) is 5.16 Å². The van der Waals surface area contributed by atoms with Gasteiger partial charge in [0, 0.05) is 10.7 Å². The zero-order chi connectivity index (χ0) is 22.0. The highest BCUT2D eigenvalue weighted by atomic mass is 79.9. The van der Waals surface area contributed by atoms with Crippen LogP contribution in [0.4, 0.5) is 5.69 Å². The fourth-order valence-electron chi connectivity index (χ4n) is 2.93. The van der Waals surface area contributed by atoms with Gasteiger partial charge in [-0.15, -0.1) is 10.2 Å². The Morgan fingerprint density at radius 1 is 0.968 bits per heavy atom. The lowest BCUT2D eigenvalue weighted by atomic mass is 10.0. The van der Waals surface area contributed by atoms with Crippen molar-refractivity contribution in [1.82, 2.24) is 19.7 Å². The van der Waals surface area contributed by atoms with Crippen molar-refractivity contribution < 1.29 is 8.42 Å². The smallest absolute Gasteiger partial charge is 0.242 e. The van der Waals surface area contributed by atoms with E-state index in [-0.39, 0.29) is 5.08 Å².